The summed E-state index contributed by atoms with van der Waals surface area (Å²) >= 11 is 5.87. The molecule has 1 unspecified atom stereocenters. The molecule has 3 rings (SSSR count). The normalized spacial score (nSPS) is 26.3. The van der Waals surface area contributed by atoms with Gasteiger partial charge in [0.2, 0.25) is 0 Å². The van der Waals surface area contributed by atoms with Crippen molar-refractivity contribution in [1.29, 1.82) is 0 Å². The highest BCUT2D eigenvalue weighted by Crippen LogP contribution is 2.43. The van der Waals surface area contributed by atoms with Crippen LogP contribution in [0.4, 0.5) is 11.4 Å². The Morgan fingerprint density at radius 1 is 1.42 bits per heavy atom. The first kappa shape index (κ1) is 12.7. The molecule has 1 aromatic rings. The number of nitrogens with zero attached hydrogens (tertiary/aromatic N) is 2. The van der Waals surface area contributed by atoms with Crippen LogP contribution in [0.1, 0.15) is 19.3 Å². The van der Waals surface area contributed by atoms with Crippen LogP contribution in [0.3, 0.4) is 0 Å². The summed E-state index contributed by atoms with van der Waals surface area (Å²) in [6.07, 6.45) is 3.02. The number of halogens is 1. The summed E-state index contributed by atoms with van der Waals surface area (Å²) in [6.45, 7) is 2.23. The van der Waals surface area contributed by atoms with Gasteiger partial charge in [-0.2, -0.15) is 0 Å². The Morgan fingerprint density at radius 2 is 2.26 bits per heavy atom. The van der Waals surface area contributed by atoms with Crippen LogP contribution in [0.2, 0.25) is 5.02 Å². The second-order valence-corrected chi connectivity index (χ2v) is 5.61. The maximum absolute atomic E-state index is 11.2. The molecule has 0 amide bonds. The molecule has 2 aliphatic rings. The number of benzene rings is 1. The zero-order valence-electron chi connectivity index (χ0n) is 10.5. The highest BCUT2D eigenvalue weighted by molar-refractivity contribution is 6.30. The van der Waals surface area contributed by atoms with E-state index in [0.29, 0.717) is 17.3 Å². The van der Waals surface area contributed by atoms with Crippen molar-refractivity contribution < 1.29 is 9.66 Å². The molecule has 0 N–H and O–H groups in total. The average molecular weight is 283 g/mol. The molecule has 2 saturated heterocycles. The van der Waals surface area contributed by atoms with Crippen molar-refractivity contribution in [2.45, 2.75) is 24.8 Å². The summed E-state index contributed by atoms with van der Waals surface area (Å²) in [4.78, 5) is 13.0. The van der Waals surface area contributed by atoms with Crippen molar-refractivity contribution >= 4 is 23.0 Å². The summed E-state index contributed by atoms with van der Waals surface area (Å²) in [6, 6.07) is 4.90. The van der Waals surface area contributed by atoms with E-state index in [1.807, 2.05) is 0 Å². The zero-order chi connectivity index (χ0) is 13.5. The molecule has 0 radical (unpaired) electrons. The van der Waals surface area contributed by atoms with Gasteiger partial charge >= 0.3 is 0 Å². The van der Waals surface area contributed by atoms with E-state index in [0.717, 1.165) is 32.4 Å². The Kier molecular flexibility index (Phi) is 3.11. The predicted molar refractivity (Wildman–Crippen MR) is 72.9 cm³/mol. The molecule has 6 heteroatoms. The first-order chi connectivity index (χ1) is 9.12. The Labute approximate surface area is 116 Å². The largest absolute Gasteiger partial charge is 0.379 e. The van der Waals surface area contributed by atoms with Crippen LogP contribution in [0.5, 0.6) is 0 Å². The molecule has 1 aromatic carbocycles. The first-order valence-corrected chi connectivity index (χ1v) is 6.80. The van der Waals surface area contributed by atoms with Gasteiger partial charge in [-0.3, -0.25) is 10.1 Å². The molecular weight excluding hydrogens is 268 g/mol. The zero-order valence-corrected chi connectivity index (χ0v) is 11.2. The van der Waals surface area contributed by atoms with Gasteiger partial charge in [0.25, 0.3) is 5.69 Å². The fourth-order valence-corrected chi connectivity index (χ4v) is 3.36. The molecule has 2 heterocycles. The smallest absolute Gasteiger partial charge is 0.294 e. The van der Waals surface area contributed by atoms with Crippen LogP contribution in [0, 0.1) is 10.1 Å². The van der Waals surface area contributed by atoms with Gasteiger partial charge < -0.3 is 9.64 Å². The van der Waals surface area contributed by atoms with Crippen LogP contribution in [0.25, 0.3) is 0 Å². The lowest BCUT2D eigenvalue weighted by Crippen LogP contribution is -2.44. The minimum absolute atomic E-state index is 0.0570. The van der Waals surface area contributed by atoms with Crippen molar-refractivity contribution in [3.05, 3.63) is 33.3 Å². The number of ether oxygens (including phenoxy) is 1. The number of nitro benzene ring substituents is 1. The van der Waals surface area contributed by atoms with Crippen LogP contribution in [-0.4, -0.2) is 30.2 Å². The van der Waals surface area contributed by atoms with Crippen molar-refractivity contribution in [3.8, 4) is 0 Å². The van der Waals surface area contributed by atoms with Crippen molar-refractivity contribution in [1.82, 2.24) is 0 Å². The molecule has 0 aliphatic carbocycles. The van der Waals surface area contributed by atoms with Gasteiger partial charge in [-0.05, 0) is 31.4 Å². The van der Waals surface area contributed by atoms with Gasteiger partial charge in [-0.15, -0.1) is 0 Å². The lowest BCUT2D eigenvalue weighted by atomic mass is 9.95. The molecule has 2 aliphatic heterocycles. The summed E-state index contributed by atoms with van der Waals surface area (Å²) in [7, 11) is 0. The topological polar surface area (TPSA) is 55.6 Å². The fourth-order valence-electron chi connectivity index (χ4n) is 3.19. The number of hydrogen-bond acceptors (Lipinski definition) is 4. The fraction of sp³-hybridized carbons (Fsp3) is 0.538. The molecule has 1 spiro atoms. The monoisotopic (exact) mass is 282 g/mol. The first-order valence-electron chi connectivity index (χ1n) is 6.42. The SMILES string of the molecule is O=[N+]([O-])c1cc(Cl)ccc1N1CCCC12CCOC2. The van der Waals surface area contributed by atoms with Gasteiger partial charge in [0.15, 0.2) is 0 Å². The standard InChI is InChI=1S/C13H15ClN2O3/c14-10-2-3-11(12(8-10)16(17)18)15-6-1-4-13(15)5-7-19-9-13/h2-3,8H,1,4-7,9H2. The Hall–Kier alpha value is -1.33. The van der Waals surface area contributed by atoms with E-state index in [4.69, 9.17) is 16.3 Å². The average Bonchev–Trinajstić information content (AvgIpc) is 3.01. The third kappa shape index (κ3) is 2.07. The Bertz CT molecular complexity index is 509. The molecule has 0 aromatic heterocycles. The minimum Gasteiger partial charge on any atom is -0.379 e. The molecule has 1 atom stereocenters. The van der Waals surface area contributed by atoms with Gasteiger partial charge in [0.05, 0.1) is 17.1 Å². The third-order valence-corrected chi connectivity index (χ3v) is 4.34. The summed E-state index contributed by atoms with van der Waals surface area (Å²) in [5.41, 5.74) is 0.691. The van der Waals surface area contributed by atoms with E-state index in [1.165, 1.54) is 6.07 Å². The van der Waals surface area contributed by atoms with Crippen LogP contribution in [0.15, 0.2) is 18.2 Å². The number of rotatable bonds is 2. The van der Waals surface area contributed by atoms with Crippen molar-refractivity contribution in [3.63, 3.8) is 0 Å². The molecule has 5 nitrogen and oxygen atoms in total. The second-order valence-electron chi connectivity index (χ2n) is 5.17. The van der Waals surface area contributed by atoms with E-state index < -0.39 is 0 Å². The lowest BCUT2D eigenvalue weighted by molar-refractivity contribution is -0.384. The second kappa shape index (κ2) is 4.65. The molecular formula is C13H15ClN2O3. The highest BCUT2D eigenvalue weighted by Gasteiger charge is 2.45. The van der Waals surface area contributed by atoms with E-state index >= 15 is 0 Å². The van der Waals surface area contributed by atoms with Gasteiger partial charge in [-0.25, -0.2) is 0 Å². The summed E-state index contributed by atoms with van der Waals surface area (Å²) in [5, 5.41) is 11.6. The number of nitro groups is 1. The summed E-state index contributed by atoms with van der Waals surface area (Å²) < 4.78 is 5.52. The van der Waals surface area contributed by atoms with Crippen LogP contribution in [-0.2, 0) is 4.74 Å². The maximum atomic E-state index is 11.2. The molecule has 2 fully saturated rings. The quantitative estimate of drug-likeness (QED) is 0.618. The van der Waals surface area contributed by atoms with E-state index in [9.17, 15) is 10.1 Å². The van der Waals surface area contributed by atoms with E-state index in [2.05, 4.69) is 4.90 Å². The third-order valence-electron chi connectivity index (χ3n) is 4.10. The Morgan fingerprint density at radius 3 is 2.95 bits per heavy atom. The lowest BCUT2D eigenvalue weighted by Gasteiger charge is -2.35. The summed E-state index contributed by atoms with van der Waals surface area (Å²) in [5.74, 6) is 0. The molecule has 102 valence electrons. The van der Waals surface area contributed by atoms with Gasteiger partial charge in [0.1, 0.15) is 5.69 Å². The minimum atomic E-state index is -0.358. The maximum Gasteiger partial charge on any atom is 0.294 e. The molecule has 0 bridgehead atoms. The van der Waals surface area contributed by atoms with E-state index in [1.54, 1.807) is 12.1 Å². The predicted octanol–water partition coefficient (Wildman–Crippen LogP) is 3.01. The van der Waals surface area contributed by atoms with Crippen molar-refractivity contribution in [2.24, 2.45) is 0 Å². The van der Waals surface area contributed by atoms with Crippen LogP contribution >= 0.6 is 11.6 Å². The van der Waals surface area contributed by atoms with Crippen LogP contribution < -0.4 is 4.90 Å². The van der Waals surface area contributed by atoms with Gasteiger partial charge in [-0.1, -0.05) is 11.6 Å². The van der Waals surface area contributed by atoms with E-state index in [-0.39, 0.29) is 16.1 Å². The number of hydrogen-bond donors (Lipinski definition) is 0. The molecule has 0 saturated carbocycles. The highest BCUT2D eigenvalue weighted by atomic mass is 35.5. The number of anilines is 1. The Balaban J connectivity index is 2.04. The van der Waals surface area contributed by atoms with Crippen molar-refractivity contribution in [2.75, 3.05) is 24.7 Å². The van der Waals surface area contributed by atoms with Gasteiger partial charge in [0, 0.05) is 24.2 Å². The molecule has 19 heavy (non-hydrogen) atoms.